The van der Waals surface area contributed by atoms with Gasteiger partial charge in [-0.25, -0.2) is 0 Å². The predicted molar refractivity (Wildman–Crippen MR) is 62.9 cm³/mol. The van der Waals surface area contributed by atoms with Gasteiger partial charge in [-0.2, -0.15) is 4.98 Å². The van der Waals surface area contributed by atoms with Crippen LogP contribution in [0, 0.1) is 5.92 Å². The average Bonchev–Trinajstić information content (AvgIpc) is 2.86. The summed E-state index contributed by atoms with van der Waals surface area (Å²) in [7, 11) is 0. The average molecular weight is 251 g/mol. The lowest BCUT2D eigenvalue weighted by Crippen LogP contribution is -1.84. The van der Waals surface area contributed by atoms with Crippen molar-refractivity contribution in [1.29, 1.82) is 0 Å². The van der Waals surface area contributed by atoms with E-state index >= 15 is 0 Å². The number of phenols is 1. The highest BCUT2D eigenvalue weighted by molar-refractivity contribution is 6.32. The third-order valence-corrected chi connectivity index (χ3v) is 3.38. The fourth-order valence-corrected chi connectivity index (χ4v) is 2.01. The zero-order chi connectivity index (χ0) is 12.0. The predicted octanol–water partition coefficient (Wildman–Crippen LogP) is 3.22. The number of halogens is 1. The van der Waals surface area contributed by atoms with Crippen LogP contribution in [0.5, 0.6) is 5.75 Å². The molecule has 17 heavy (non-hydrogen) atoms. The minimum atomic E-state index is 0.0472. The van der Waals surface area contributed by atoms with Crippen molar-refractivity contribution in [3.8, 4) is 17.2 Å². The fourth-order valence-electron chi connectivity index (χ4n) is 1.82. The molecule has 88 valence electrons. The lowest BCUT2D eigenvalue weighted by molar-refractivity contribution is 0.422. The van der Waals surface area contributed by atoms with Gasteiger partial charge < -0.3 is 9.63 Å². The summed E-state index contributed by atoms with van der Waals surface area (Å²) < 4.78 is 5.19. The van der Waals surface area contributed by atoms with Crippen molar-refractivity contribution in [1.82, 2.24) is 10.1 Å². The molecule has 0 amide bonds. The quantitative estimate of drug-likeness (QED) is 0.889. The van der Waals surface area contributed by atoms with E-state index in [1.165, 1.54) is 6.07 Å². The molecule has 2 aromatic rings. The van der Waals surface area contributed by atoms with Gasteiger partial charge in [0.15, 0.2) is 5.82 Å². The van der Waals surface area contributed by atoms with Crippen LogP contribution in [0.1, 0.15) is 25.1 Å². The first kappa shape index (κ1) is 10.6. The number of hydrogen-bond acceptors (Lipinski definition) is 4. The molecule has 2 unspecified atom stereocenters. The number of nitrogens with zero attached hydrogens (tertiary/aromatic N) is 2. The van der Waals surface area contributed by atoms with Crippen LogP contribution in [-0.4, -0.2) is 15.2 Å². The van der Waals surface area contributed by atoms with Crippen LogP contribution in [0.2, 0.25) is 5.02 Å². The number of phenolic OH excluding ortho intramolecular Hbond substituents is 1. The van der Waals surface area contributed by atoms with Gasteiger partial charge in [0.2, 0.25) is 0 Å². The van der Waals surface area contributed by atoms with Gasteiger partial charge in [-0.05, 0) is 30.5 Å². The molecule has 0 aliphatic heterocycles. The number of aromatic nitrogens is 2. The monoisotopic (exact) mass is 250 g/mol. The van der Waals surface area contributed by atoms with Crippen molar-refractivity contribution in [2.75, 3.05) is 0 Å². The summed E-state index contributed by atoms with van der Waals surface area (Å²) in [6.07, 6.45) is 1.12. The summed E-state index contributed by atoms with van der Waals surface area (Å²) in [6.45, 7) is 2.16. The summed E-state index contributed by atoms with van der Waals surface area (Å²) in [4.78, 5) is 4.35. The van der Waals surface area contributed by atoms with Crippen molar-refractivity contribution in [2.45, 2.75) is 19.3 Å². The molecule has 3 rings (SSSR count). The first-order valence-corrected chi connectivity index (χ1v) is 5.85. The maximum absolute atomic E-state index is 9.33. The number of hydrogen-bond donors (Lipinski definition) is 1. The number of rotatable bonds is 2. The van der Waals surface area contributed by atoms with Crippen LogP contribution < -0.4 is 0 Å². The Hall–Kier alpha value is -1.55. The zero-order valence-corrected chi connectivity index (χ0v) is 9.98. The largest absolute Gasteiger partial charge is 0.506 e. The number of benzene rings is 1. The summed E-state index contributed by atoms with van der Waals surface area (Å²) >= 11 is 5.83. The van der Waals surface area contributed by atoms with Gasteiger partial charge in [0.05, 0.1) is 5.02 Å². The Kier molecular flexibility index (Phi) is 2.33. The standard InChI is InChI=1S/C12H11ClN2O2/c1-6-4-8(6)11-14-12(17-15-11)7-2-3-10(16)9(13)5-7/h2-3,5-6,8,16H,4H2,1H3. The van der Waals surface area contributed by atoms with Gasteiger partial charge in [0.1, 0.15) is 5.75 Å². The molecule has 0 saturated heterocycles. The Bertz CT molecular complexity index is 567. The first-order valence-electron chi connectivity index (χ1n) is 5.47. The molecular formula is C12H11ClN2O2. The van der Waals surface area contributed by atoms with E-state index in [0.717, 1.165) is 17.8 Å². The maximum atomic E-state index is 9.33. The third kappa shape index (κ3) is 1.89. The molecule has 4 nitrogen and oxygen atoms in total. The normalized spacial score (nSPS) is 22.7. The van der Waals surface area contributed by atoms with Crippen LogP contribution in [0.15, 0.2) is 22.7 Å². The fraction of sp³-hybridized carbons (Fsp3) is 0.333. The van der Waals surface area contributed by atoms with E-state index in [-0.39, 0.29) is 10.8 Å². The van der Waals surface area contributed by atoms with Crippen molar-refractivity contribution < 1.29 is 9.63 Å². The van der Waals surface area contributed by atoms with E-state index in [1.807, 2.05) is 0 Å². The second-order valence-electron chi connectivity index (χ2n) is 4.44. The van der Waals surface area contributed by atoms with Crippen molar-refractivity contribution in [3.63, 3.8) is 0 Å². The lowest BCUT2D eigenvalue weighted by Gasteiger charge is -1.97. The number of aromatic hydroxyl groups is 1. The summed E-state index contributed by atoms with van der Waals surface area (Å²) in [5, 5.41) is 13.6. The van der Waals surface area contributed by atoms with E-state index in [1.54, 1.807) is 12.1 Å². The maximum Gasteiger partial charge on any atom is 0.257 e. The third-order valence-electron chi connectivity index (χ3n) is 3.08. The zero-order valence-electron chi connectivity index (χ0n) is 9.22. The van der Waals surface area contributed by atoms with Gasteiger partial charge >= 0.3 is 0 Å². The second-order valence-corrected chi connectivity index (χ2v) is 4.85. The molecule has 1 heterocycles. The van der Waals surface area contributed by atoms with E-state index in [0.29, 0.717) is 17.7 Å². The molecule has 1 fully saturated rings. The Balaban J connectivity index is 1.92. The van der Waals surface area contributed by atoms with Gasteiger partial charge in [-0.15, -0.1) is 0 Å². The van der Waals surface area contributed by atoms with Crippen LogP contribution >= 0.6 is 11.6 Å². The lowest BCUT2D eigenvalue weighted by atomic mass is 10.2. The van der Waals surface area contributed by atoms with E-state index in [2.05, 4.69) is 17.1 Å². The molecule has 1 N–H and O–H groups in total. The molecule has 5 heteroatoms. The van der Waals surface area contributed by atoms with Crippen LogP contribution in [0.25, 0.3) is 11.5 Å². The topological polar surface area (TPSA) is 59.2 Å². The van der Waals surface area contributed by atoms with Gasteiger partial charge in [-0.3, -0.25) is 0 Å². The molecule has 0 radical (unpaired) electrons. The molecule has 1 aromatic heterocycles. The van der Waals surface area contributed by atoms with Gasteiger partial charge in [0.25, 0.3) is 5.89 Å². The molecule has 1 saturated carbocycles. The van der Waals surface area contributed by atoms with E-state index in [4.69, 9.17) is 16.1 Å². The SMILES string of the molecule is CC1CC1c1noc(-c2ccc(O)c(Cl)c2)n1. The van der Waals surface area contributed by atoms with Gasteiger partial charge in [0, 0.05) is 11.5 Å². The minimum absolute atomic E-state index is 0.0472. The summed E-state index contributed by atoms with van der Waals surface area (Å²) in [5.41, 5.74) is 0.722. The Morgan fingerprint density at radius 2 is 2.24 bits per heavy atom. The van der Waals surface area contributed by atoms with E-state index < -0.39 is 0 Å². The molecule has 1 aromatic carbocycles. The summed E-state index contributed by atoms with van der Waals surface area (Å²) in [5.74, 6) is 2.33. The van der Waals surface area contributed by atoms with Gasteiger partial charge in [-0.1, -0.05) is 23.7 Å². The highest BCUT2D eigenvalue weighted by Crippen LogP contribution is 2.45. The minimum Gasteiger partial charge on any atom is -0.506 e. The van der Waals surface area contributed by atoms with E-state index in [9.17, 15) is 5.11 Å². The van der Waals surface area contributed by atoms with Crippen molar-refractivity contribution >= 4 is 11.6 Å². The first-order chi connectivity index (χ1) is 8.15. The Morgan fingerprint density at radius 3 is 2.88 bits per heavy atom. The molecule has 1 aliphatic carbocycles. The van der Waals surface area contributed by atoms with Crippen molar-refractivity contribution in [3.05, 3.63) is 29.0 Å². The smallest absolute Gasteiger partial charge is 0.257 e. The highest BCUT2D eigenvalue weighted by Gasteiger charge is 2.38. The highest BCUT2D eigenvalue weighted by atomic mass is 35.5. The molecular weight excluding hydrogens is 240 g/mol. The second kappa shape index (κ2) is 3.74. The van der Waals surface area contributed by atoms with Crippen LogP contribution in [0.4, 0.5) is 0 Å². The molecule has 1 aliphatic rings. The molecule has 0 bridgehead atoms. The Morgan fingerprint density at radius 1 is 1.47 bits per heavy atom. The summed E-state index contributed by atoms with van der Waals surface area (Å²) in [6, 6.07) is 4.83. The van der Waals surface area contributed by atoms with Crippen LogP contribution in [0.3, 0.4) is 0 Å². The Labute approximate surface area is 103 Å². The van der Waals surface area contributed by atoms with Crippen molar-refractivity contribution in [2.24, 2.45) is 5.92 Å². The molecule has 0 spiro atoms. The molecule has 2 atom stereocenters. The van der Waals surface area contributed by atoms with Crippen LogP contribution in [-0.2, 0) is 0 Å².